The van der Waals surface area contributed by atoms with Crippen LogP contribution >= 0.6 is 11.6 Å². The van der Waals surface area contributed by atoms with Crippen molar-refractivity contribution in [2.24, 2.45) is 5.73 Å². The van der Waals surface area contributed by atoms with E-state index in [2.05, 4.69) is 4.98 Å². The van der Waals surface area contributed by atoms with E-state index in [1.807, 2.05) is 25.1 Å². The summed E-state index contributed by atoms with van der Waals surface area (Å²) in [6.07, 6.45) is 0.909. The molecule has 0 bridgehead atoms. The van der Waals surface area contributed by atoms with Gasteiger partial charge < -0.3 is 15.0 Å². The number of primary amides is 1. The number of rotatable bonds is 6. The van der Waals surface area contributed by atoms with E-state index in [4.69, 9.17) is 22.1 Å². The monoisotopic (exact) mass is 309 g/mol. The van der Waals surface area contributed by atoms with Crippen LogP contribution in [-0.2, 0) is 16.2 Å². The Morgan fingerprint density at radius 3 is 2.76 bits per heavy atom. The van der Waals surface area contributed by atoms with Crippen LogP contribution < -0.4 is 10.5 Å². The van der Waals surface area contributed by atoms with Crippen molar-refractivity contribution in [2.75, 3.05) is 6.61 Å². The van der Waals surface area contributed by atoms with E-state index in [1.165, 1.54) is 0 Å². The molecule has 0 spiro atoms. The molecule has 5 nitrogen and oxygen atoms in total. The van der Waals surface area contributed by atoms with E-state index in [0.29, 0.717) is 23.7 Å². The van der Waals surface area contributed by atoms with Crippen molar-refractivity contribution in [3.8, 4) is 5.75 Å². The predicted octanol–water partition coefficient (Wildman–Crippen LogP) is 2.78. The third-order valence-corrected chi connectivity index (χ3v) is 3.70. The number of fused-ring (bicyclic) bond motifs is 1. The van der Waals surface area contributed by atoms with Crippen LogP contribution in [0.5, 0.6) is 5.75 Å². The molecule has 1 aromatic carbocycles. The summed E-state index contributed by atoms with van der Waals surface area (Å²) in [5.41, 5.74) is 6.12. The molecule has 0 aliphatic rings. The molecule has 1 heterocycles. The molecule has 2 N–H and O–H groups in total. The predicted molar refractivity (Wildman–Crippen MR) is 83.6 cm³/mol. The van der Waals surface area contributed by atoms with Crippen molar-refractivity contribution in [3.05, 3.63) is 24.0 Å². The van der Waals surface area contributed by atoms with Crippen molar-refractivity contribution in [2.45, 2.75) is 38.6 Å². The number of para-hydroxylation sites is 1. The highest BCUT2D eigenvalue weighted by atomic mass is 35.5. The van der Waals surface area contributed by atoms with Crippen LogP contribution in [0.1, 0.15) is 33.0 Å². The Labute approximate surface area is 129 Å². The van der Waals surface area contributed by atoms with Crippen molar-refractivity contribution in [3.63, 3.8) is 0 Å². The normalized spacial score (nSPS) is 11.8. The molecule has 0 saturated carbocycles. The van der Waals surface area contributed by atoms with Gasteiger partial charge in [0.25, 0.3) is 0 Å². The highest BCUT2D eigenvalue weighted by Gasteiger charge is 2.32. The minimum Gasteiger partial charge on any atom is -0.491 e. The standard InChI is InChI=1S/C15H20ClN3O2/c1-4-8-21-11-7-5-6-10-13(11)18-12(9-16)19(10)15(2,3)14(17)20/h5-7H,4,8-9H2,1-3H3,(H2,17,20). The SMILES string of the molecule is CCCOc1cccc2c1nc(CCl)n2C(C)(C)C(N)=O. The maximum atomic E-state index is 11.8. The van der Waals surface area contributed by atoms with Crippen LogP contribution in [0.25, 0.3) is 11.0 Å². The number of hydrogen-bond acceptors (Lipinski definition) is 3. The smallest absolute Gasteiger partial charge is 0.243 e. The van der Waals surface area contributed by atoms with E-state index in [1.54, 1.807) is 18.4 Å². The quantitative estimate of drug-likeness (QED) is 0.834. The summed E-state index contributed by atoms with van der Waals surface area (Å²) in [7, 11) is 0. The second-order valence-electron chi connectivity index (χ2n) is 5.39. The van der Waals surface area contributed by atoms with Gasteiger partial charge >= 0.3 is 0 Å². The van der Waals surface area contributed by atoms with Gasteiger partial charge in [-0.1, -0.05) is 13.0 Å². The summed E-state index contributed by atoms with van der Waals surface area (Å²) in [5.74, 6) is 1.05. The molecule has 0 saturated heterocycles. The molecule has 1 aromatic heterocycles. The average Bonchev–Trinajstić information content (AvgIpc) is 2.84. The Morgan fingerprint density at radius 1 is 1.48 bits per heavy atom. The number of amides is 1. The number of halogens is 1. The van der Waals surface area contributed by atoms with Crippen molar-refractivity contribution < 1.29 is 9.53 Å². The number of nitrogens with two attached hydrogens (primary N) is 1. The number of hydrogen-bond donors (Lipinski definition) is 1. The molecular formula is C15H20ClN3O2. The molecule has 2 rings (SSSR count). The lowest BCUT2D eigenvalue weighted by Gasteiger charge is -2.25. The minimum atomic E-state index is -0.914. The number of ether oxygens (including phenoxy) is 1. The maximum absolute atomic E-state index is 11.8. The Bertz CT molecular complexity index is 664. The first-order valence-corrected chi connectivity index (χ1v) is 7.46. The van der Waals surface area contributed by atoms with Gasteiger partial charge in [0.2, 0.25) is 5.91 Å². The van der Waals surface area contributed by atoms with E-state index in [0.717, 1.165) is 11.9 Å². The molecule has 2 aromatic rings. The molecule has 6 heteroatoms. The van der Waals surface area contributed by atoms with Crippen LogP contribution in [0.15, 0.2) is 18.2 Å². The molecule has 0 aliphatic heterocycles. The highest BCUT2D eigenvalue weighted by Crippen LogP contribution is 2.31. The summed E-state index contributed by atoms with van der Waals surface area (Å²) in [4.78, 5) is 16.3. The van der Waals surface area contributed by atoms with E-state index >= 15 is 0 Å². The number of benzene rings is 1. The highest BCUT2D eigenvalue weighted by molar-refractivity contribution is 6.17. The second-order valence-corrected chi connectivity index (χ2v) is 5.66. The number of aromatic nitrogens is 2. The van der Waals surface area contributed by atoms with Gasteiger partial charge in [-0.3, -0.25) is 4.79 Å². The van der Waals surface area contributed by atoms with Crippen molar-refractivity contribution >= 4 is 28.5 Å². The second kappa shape index (κ2) is 5.93. The van der Waals surface area contributed by atoms with E-state index in [9.17, 15) is 4.79 Å². The van der Waals surface area contributed by atoms with E-state index < -0.39 is 11.4 Å². The van der Waals surface area contributed by atoms with Crippen molar-refractivity contribution in [1.29, 1.82) is 0 Å². The zero-order valence-corrected chi connectivity index (χ0v) is 13.3. The number of alkyl halides is 1. The van der Waals surface area contributed by atoms with Gasteiger partial charge in [0.15, 0.2) is 0 Å². The lowest BCUT2D eigenvalue weighted by atomic mass is 10.0. The van der Waals surface area contributed by atoms with Crippen LogP contribution in [0.3, 0.4) is 0 Å². The third kappa shape index (κ3) is 2.70. The molecular weight excluding hydrogens is 290 g/mol. The molecule has 0 radical (unpaired) electrons. The first-order valence-electron chi connectivity index (χ1n) is 6.93. The maximum Gasteiger partial charge on any atom is 0.243 e. The summed E-state index contributed by atoms with van der Waals surface area (Å²) in [6, 6.07) is 5.63. The average molecular weight is 310 g/mol. The van der Waals surface area contributed by atoms with Crippen molar-refractivity contribution in [1.82, 2.24) is 9.55 Å². The minimum absolute atomic E-state index is 0.193. The molecule has 114 valence electrons. The fourth-order valence-corrected chi connectivity index (χ4v) is 2.45. The zero-order valence-electron chi connectivity index (χ0n) is 12.5. The Kier molecular flexibility index (Phi) is 4.42. The number of carbonyl (C=O) groups is 1. The fraction of sp³-hybridized carbons (Fsp3) is 0.467. The summed E-state index contributed by atoms with van der Waals surface area (Å²) in [5, 5.41) is 0. The van der Waals surface area contributed by atoms with Gasteiger partial charge in [0.1, 0.15) is 22.6 Å². The molecule has 0 fully saturated rings. The number of carbonyl (C=O) groups excluding carboxylic acids is 1. The lowest BCUT2D eigenvalue weighted by Crippen LogP contribution is -2.41. The van der Waals surface area contributed by atoms with Gasteiger partial charge in [-0.25, -0.2) is 4.98 Å². The Hall–Kier alpha value is -1.75. The summed E-state index contributed by atoms with van der Waals surface area (Å²) >= 11 is 5.99. The summed E-state index contributed by atoms with van der Waals surface area (Å²) in [6.45, 7) is 6.17. The van der Waals surface area contributed by atoms with Gasteiger partial charge in [-0.2, -0.15) is 0 Å². The van der Waals surface area contributed by atoms with Crippen LogP contribution in [-0.4, -0.2) is 22.1 Å². The zero-order chi connectivity index (χ0) is 15.6. The molecule has 0 aliphatic carbocycles. The topological polar surface area (TPSA) is 70.1 Å². The van der Waals surface area contributed by atoms with Gasteiger partial charge in [-0.15, -0.1) is 11.6 Å². The van der Waals surface area contributed by atoms with Crippen LogP contribution in [0, 0.1) is 0 Å². The first-order chi connectivity index (χ1) is 9.93. The molecule has 0 unspecified atom stereocenters. The third-order valence-electron chi connectivity index (χ3n) is 3.46. The van der Waals surface area contributed by atoms with Gasteiger partial charge in [0, 0.05) is 0 Å². The van der Waals surface area contributed by atoms with Crippen LogP contribution in [0.2, 0.25) is 0 Å². The molecule has 0 atom stereocenters. The van der Waals surface area contributed by atoms with E-state index in [-0.39, 0.29) is 5.88 Å². The van der Waals surface area contributed by atoms with Gasteiger partial charge in [-0.05, 0) is 32.4 Å². The largest absolute Gasteiger partial charge is 0.491 e. The first kappa shape index (κ1) is 15.6. The number of imidazole rings is 1. The fourth-order valence-electron chi connectivity index (χ4n) is 2.27. The number of nitrogens with zero attached hydrogens (tertiary/aromatic N) is 2. The van der Waals surface area contributed by atoms with Crippen LogP contribution in [0.4, 0.5) is 0 Å². The lowest BCUT2D eigenvalue weighted by molar-refractivity contribution is -0.125. The Morgan fingerprint density at radius 2 is 2.19 bits per heavy atom. The molecule has 21 heavy (non-hydrogen) atoms. The Balaban J connectivity index is 2.68. The molecule has 1 amide bonds. The summed E-state index contributed by atoms with van der Waals surface area (Å²) < 4.78 is 7.51. The van der Waals surface area contributed by atoms with Gasteiger partial charge in [0.05, 0.1) is 18.0 Å².